The summed E-state index contributed by atoms with van der Waals surface area (Å²) in [6, 6.07) is 7.15. The summed E-state index contributed by atoms with van der Waals surface area (Å²) in [7, 11) is -0.788. The Morgan fingerprint density at radius 1 is 1.20 bits per heavy atom. The number of phenols is 1. The topological polar surface area (TPSA) is 98.1 Å². The molecule has 0 amide bonds. The van der Waals surface area contributed by atoms with E-state index in [1.807, 2.05) is 31.1 Å². The van der Waals surface area contributed by atoms with Crippen LogP contribution in [0.1, 0.15) is 0 Å². The van der Waals surface area contributed by atoms with Crippen molar-refractivity contribution in [1.82, 2.24) is 0 Å². The van der Waals surface area contributed by atoms with Gasteiger partial charge in [0.15, 0.2) is 0 Å². The third-order valence-corrected chi connectivity index (χ3v) is 1.35. The molecule has 0 spiro atoms. The van der Waals surface area contributed by atoms with Gasteiger partial charge in [-0.1, -0.05) is 6.07 Å². The summed E-state index contributed by atoms with van der Waals surface area (Å²) >= 11 is 0. The highest BCUT2D eigenvalue weighted by Gasteiger charge is 1.93. The van der Waals surface area contributed by atoms with Gasteiger partial charge in [-0.25, -0.2) is 0 Å². The summed E-state index contributed by atoms with van der Waals surface area (Å²) in [5, 5.41) is 9.04. The molecule has 1 aromatic carbocycles. The smallest absolute Gasteiger partial charge is 0.394 e. The lowest BCUT2D eigenvalue weighted by atomic mass is 10.3. The second-order valence-corrected chi connectivity index (χ2v) is 3.76. The molecule has 0 heterocycles. The lowest BCUT2D eigenvalue weighted by Gasteiger charge is -2.11. The molecule has 0 fully saturated rings. The van der Waals surface area contributed by atoms with Gasteiger partial charge in [0.1, 0.15) is 5.75 Å². The number of phenolic OH excluding ortho intramolecular Hbond substituents is 1. The van der Waals surface area contributed by atoms with E-state index in [9.17, 15) is 0 Å². The average Bonchev–Trinajstić information content (AvgIpc) is 2.00. The highest BCUT2D eigenvalue weighted by molar-refractivity contribution is 7.79. The monoisotopic (exact) mass is 235 g/mol. The van der Waals surface area contributed by atoms with Gasteiger partial charge < -0.3 is 10.0 Å². The molecular weight excluding hydrogens is 222 g/mol. The van der Waals surface area contributed by atoms with Crippen LogP contribution in [0.2, 0.25) is 0 Å². The molecule has 0 bridgehead atoms. The number of hydrogen-bond donors (Lipinski definition) is 3. The largest absolute Gasteiger partial charge is 0.508 e. The number of aromatic hydroxyl groups is 1. The first-order valence-electron chi connectivity index (χ1n) is 3.86. The molecule has 0 saturated heterocycles. The van der Waals surface area contributed by atoms with E-state index in [1.165, 1.54) is 0 Å². The maximum absolute atomic E-state index is 9.04. The minimum atomic E-state index is -4.67. The van der Waals surface area contributed by atoms with Gasteiger partial charge in [0.25, 0.3) is 0 Å². The van der Waals surface area contributed by atoms with Crippen LogP contribution in [0.25, 0.3) is 0 Å². The van der Waals surface area contributed by atoms with Crippen molar-refractivity contribution in [3.8, 4) is 5.75 Å². The van der Waals surface area contributed by atoms with Crippen molar-refractivity contribution in [2.75, 3.05) is 19.0 Å². The normalized spacial score (nSPS) is 10.1. The van der Waals surface area contributed by atoms with Crippen molar-refractivity contribution in [2.45, 2.75) is 0 Å². The first-order chi connectivity index (χ1) is 6.70. The van der Waals surface area contributed by atoms with E-state index in [0.717, 1.165) is 5.69 Å². The molecule has 7 heteroatoms. The Morgan fingerprint density at radius 3 is 1.93 bits per heavy atom. The second kappa shape index (κ2) is 5.54. The fourth-order valence-corrected chi connectivity index (χ4v) is 0.771. The molecule has 0 aliphatic heterocycles. The van der Waals surface area contributed by atoms with Gasteiger partial charge in [-0.2, -0.15) is 8.42 Å². The molecule has 0 saturated carbocycles. The first kappa shape index (κ1) is 13.7. The van der Waals surface area contributed by atoms with Crippen LogP contribution < -0.4 is 4.90 Å². The number of hydrogen-bond acceptors (Lipinski definition) is 4. The molecule has 0 atom stereocenters. The molecule has 86 valence electrons. The summed E-state index contributed by atoms with van der Waals surface area (Å²) < 4.78 is 31.6. The average molecular weight is 235 g/mol. The third kappa shape index (κ3) is 9.01. The van der Waals surface area contributed by atoms with Crippen molar-refractivity contribution in [3.63, 3.8) is 0 Å². The van der Waals surface area contributed by atoms with E-state index in [0.29, 0.717) is 5.75 Å². The zero-order valence-corrected chi connectivity index (χ0v) is 9.14. The highest BCUT2D eigenvalue weighted by Crippen LogP contribution is 2.16. The van der Waals surface area contributed by atoms with Gasteiger partial charge in [0.05, 0.1) is 0 Å². The quantitative estimate of drug-likeness (QED) is 0.623. The lowest BCUT2D eigenvalue weighted by Crippen LogP contribution is -2.07. The Hall–Kier alpha value is -1.31. The summed E-state index contributed by atoms with van der Waals surface area (Å²) in [4.78, 5) is 1.94. The number of rotatable bonds is 1. The molecule has 0 aromatic heterocycles. The van der Waals surface area contributed by atoms with Crippen LogP contribution >= 0.6 is 0 Å². The second-order valence-electron chi connectivity index (χ2n) is 2.86. The van der Waals surface area contributed by atoms with Gasteiger partial charge in [0.2, 0.25) is 0 Å². The molecule has 0 aliphatic carbocycles. The Bertz CT molecular complexity index is 393. The standard InChI is InChI=1S/C8H11NO.H2O4S/c1-9(2)7-4-3-5-8(10)6-7;1-5(2,3)4/h3-6,10H,1-2H3;(H2,1,2,3,4). The molecule has 6 nitrogen and oxygen atoms in total. The summed E-state index contributed by atoms with van der Waals surface area (Å²) in [6.45, 7) is 0. The Kier molecular flexibility index (Phi) is 5.06. The summed E-state index contributed by atoms with van der Waals surface area (Å²) in [5.74, 6) is 0.311. The van der Waals surface area contributed by atoms with Gasteiger partial charge in [-0.3, -0.25) is 9.11 Å². The van der Waals surface area contributed by atoms with Gasteiger partial charge >= 0.3 is 10.4 Å². The van der Waals surface area contributed by atoms with E-state index in [4.69, 9.17) is 22.6 Å². The van der Waals surface area contributed by atoms with Crippen LogP contribution in [-0.4, -0.2) is 36.7 Å². The predicted molar refractivity (Wildman–Crippen MR) is 56.6 cm³/mol. The minimum Gasteiger partial charge on any atom is -0.508 e. The Balaban J connectivity index is 0.000000336. The van der Waals surface area contributed by atoms with E-state index < -0.39 is 10.4 Å². The van der Waals surface area contributed by atoms with Crippen molar-refractivity contribution in [3.05, 3.63) is 24.3 Å². The summed E-state index contributed by atoms with van der Waals surface area (Å²) in [5.41, 5.74) is 1.01. The van der Waals surface area contributed by atoms with Crippen molar-refractivity contribution in [2.24, 2.45) is 0 Å². The van der Waals surface area contributed by atoms with Gasteiger partial charge in [-0.15, -0.1) is 0 Å². The van der Waals surface area contributed by atoms with E-state index >= 15 is 0 Å². The van der Waals surface area contributed by atoms with Crippen molar-refractivity contribution in [1.29, 1.82) is 0 Å². The van der Waals surface area contributed by atoms with Crippen LogP contribution in [0.5, 0.6) is 5.75 Å². The highest BCUT2D eigenvalue weighted by atomic mass is 32.3. The molecule has 1 rings (SSSR count). The molecule has 0 unspecified atom stereocenters. The lowest BCUT2D eigenvalue weighted by molar-refractivity contribution is 0.381. The zero-order valence-electron chi connectivity index (χ0n) is 8.32. The zero-order chi connectivity index (χ0) is 12.1. The summed E-state index contributed by atoms with van der Waals surface area (Å²) in [6.07, 6.45) is 0. The fourth-order valence-electron chi connectivity index (χ4n) is 0.771. The third-order valence-electron chi connectivity index (χ3n) is 1.35. The Labute approximate surface area is 88.4 Å². The van der Waals surface area contributed by atoms with Crippen LogP contribution in [0.15, 0.2) is 24.3 Å². The van der Waals surface area contributed by atoms with Crippen molar-refractivity contribution >= 4 is 16.1 Å². The SMILES string of the molecule is CN(C)c1cccc(O)c1.O=S(=O)(O)O. The van der Waals surface area contributed by atoms with E-state index in [-0.39, 0.29) is 0 Å². The maximum Gasteiger partial charge on any atom is 0.394 e. The molecule has 0 radical (unpaired) electrons. The van der Waals surface area contributed by atoms with Gasteiger partial charge in [-0.05, 0) is 12.1 Å². The molecule has 3 N–H and O–H groups in total. The van der Waals surface area contributed by atoms with Crippen LogP contribution in [0.3, 0.4) is 0 Å². The fraction of sp³-hybridized carbons (Fsp3) is 0.250. The number of benzene rings is 1. The van der Waals surface area contributed by atoms with Gasteiger partial charge in [0, 0.05) is 25.8 Å². The van der Waals surface area contributed by atoms with Crippen LogP contribution in [0.4, 0.5) is 5.69 Å². The van der Waals surface area contributed by atoms with Crippen LogP contribution in [0, 0.1) is 0 Å². The maximum atomic E-state index is 9.04. The molecular formula is C8H13NO5S. The number of nitrogens with zero attached hydrogens (tertiary/aromatic N) is 1. The van der Waals surface area contributed by atoms with Crippen molar-refractivity contribution < 1.29 is 22.6 Å². The minimum absolute atomic E-state index is 0.311. The molecule has 0 aliphatic rings. The molecule has 15 heavy (non-hydrogen) atoms. The van der Waals surface area contributed by atoms with Crippen LogP contribution in [-0.2, 0) is 10.4 Å². The number of anilines is 1. The predicted octanol–water partition coefficient (Wildman–Crippen LogP) is 0.805. The molecule has 1 aromatic rings. The van der Waals surface area contributed by atoms with E-state index in [1.54, 1.807) is 12.1 Å². The first-order valence-corrected chi connectivity index (χ1v) is 5.26. The van der Waals surface area contributed by atoms with E-state index in [2.05, 4.69) is 0 Å². The Morgan fingerprint density at radius 2 is 1.67 bits per heavy atom.